The first-order valence-corrected chi connectivity index (χ1v) is 8.37. The lowest BCUT2D eigenvalue weighted by Gasteiger charge is -2.43. The van der Waals surface area contributed by atoms with Crippen molar-refractivity contribution in [1.82, 2.24) is 9.78 Å². The Kier molecular flexibility index (Phi) is 3.26. The second-order valence-electron chi connectivity index (χ2n) is 8.08. The zero-order chi connectivity index (χ0) is 15.4. The third-order valence-electron chi connectivity index (χ3n) is 6.20. The van der Waals surface area contributed by atoms with Gasteiger partial charge in [-0.3, -0.25) is 4.68 Å². The maximum atomic E-state index is 6.35. The van der Waals surface area contributed by atoms with E-state index in [0.717, 1.165) is 36.0 Å². The summed E-state index contributed by atoms with van der Waals surface area (Å²) >= 11 is 0. The third kappa shape index (κ3) is 2.06. The van der Waals surface area contributed by atoms with E-state index in [-0.39, 0.29) is 0 Å². The Balaban J connectivity index is 1.90. The van der Waals surface area contributed by atoms with E-state index < -0.39 is 0 Å². The number of hydrogen-bond donors (Lipinski definition) is 2. The minimum Gasteiger partial charge on any atom is -0.394 e. The zero-order valence-corrected chi connectivity index (χ0v) is 14.2. The average molecular weight is 290 g/mol. The zero-order valence-electron chi connectivity index (χ0n) is 14.2. The molecule has 0 saturated heterocycles. The van der Waals surface area contributed by atoms with Crippen LogP contribution in [0.1, 0.15) is 59.1 Å². The molecule has 3 unspecified atom stereocenters. The number of aromatic nitrogens is 2. The van der Waals surface area contributed by atoms with Crippen molar-refractivity contribution in [2.24, 2.45) is 23.8 Å². The summed E-state index contributed by atoms with van der Waals surface area (Å²) in [6, 6.07) is 0.482. The van der Waals surface area contributed by atoms with Gasteiger partial charge in [0.1, 0.15) is 5.82 Å². The van der Waals surface area contributed by atoms with Gasteiger partial charge in [-0.05, 0) is 42.4 Å². The second kappa shape index (κ2) is 4.65. The fraction of sp³-hybridized carbons (Fsp3) is 0.824. The molecule has 1 aromatic rings. The van der Waals surface area contributed by atoms with Gasteiger partial charge in [-0.2, -0.15) is 5.10 Å². The van der Waals surface area contributed by atoms with Crippen molar-refractivity contribution in [3.05, 3.63) is 5.69 Å². The van der Waals surface area contributed by atoms with Crippen LogP contribution in [0.5, 0.6) is 0 Å². The van der Waals surface area contributed by atoms with Gasteiger partial charge in [0.25, 0.3) is 0 Å². The van der Waals surface area contributed by atoms with E-state index in [1.807, 2.05) is 11.7 Å². The lowest BCUT2D eigenvalue weighted by atomic mass is 9.68. The monoisotopic (exact) mass is 290 g/mol. The summed E-state index contributed by atoms with van der Waals surface area (Å²) in [4.78, 5) is 0. The molecule has 3 N–H and O–H groups in total. The van der Waals surface area contributed by atoms with Crippen LogP contribution < -0.4 is 11.1 Å². The maximum Gasteiger partial charge on any atom is 0.148 e. The minimum atomic E-state index is 0.328. The SMILES string of the molecule is CCCc1nn(C)c(NC2C3(C)CCC(C3)C2(C)C)c1N. The largest absolute Gasteiger partial charge is 0.394 e. The molecule has 1 heterocycles. The highest BCUT2D eigenvalue weighted by Gasteiger charge is 2.59. The molecule has 0 spiro atoms. The molecule has 3 atom stereocenters. The molecule has 0 amide bonds. The summed E-state index contributed by atoms with van der Waals surface area (Å²) in [6.07, 6.45) is 6.09. The van der Waals surface area contributed by atoms with Crippen LogP contribution in [0.3, 0.4) is 0 Å². The second-order valence-corrected chi connectivity index (χ2v) is 8.08. The van der Waals surface area contributed by atoms with Crippen LogP contribution in [0.2, 0.25) is 0 Å². The van der Waals surface area contributed by atoms with E-state index >= 15 is 0 Å². The third-order valence-corrected chi connectivity index (χ3v) is 6.20. The molecule has 2 fully saturated rings. The van der Waals surface area contributed by atoms with E-state index in [1.165, 1.54) is 19.3 Å². The smallest absolute Gasteiger partial charge is 0.148 e. The molecular formula is C17H30N4. The Hall–Kier alpha value is -1.19. The van der Waals surface area contributed by atoms with Gasteiger partial charge < -0.3 is 11.1 Å². The molecule has 3 rings (SSSR count). The molecule has 0 aromatic carbocycles. The van der Waals surface area contributed by atoms with Crippen LogP contribution in [0.25, 0.3) is 0 Å². The molecule has 1 aromatic heterocycles. The highest BCUT2D eigenvalue weighted by atomic mass is 15.3. The molecular weight excluding hydrogens is 260 g/mol. The Morgan fingerprint density at radius 1 is 1.38 bits per heavy atom. The van der Waals surface area contributed by atoms with Crippen molar-refractivity contribution < 1.29 is 0 Å². The lowest BCUT2D eigenvalue weighted by molar-refractivity contribution is 0.155. The summed E-state index contributed by atoms with van der Waals surface area (Å²) in [5.41, 5.74) is 8.96. The number of hydrogen-bond acceptors (Lipinski definition) is 3. The molecule has 2 saturated carbocycles. The number of anilines is 2. The van der Waals surface area contributed by atoms with Crippen molar-refractivity contribution in [3.8, 4) is 0 Å². The molecule has 2 aliphatic carbocycles. The van der Waals surface area contributed by atoms with Crippen LogP contribution in [-0.2, 0) is 13.5 Å². The Morgan fingerprint density at radius 3 is 2.67 bits per heavy atom. The number of aryl methyl sites for hydroxylation is 2. The molecule has 0 aliphatic heterocycles. The first-order chi connectivity index (χ1) is 9.79. The van der Waals surface area contributed by atoms with Crippen LogP contribution in [0.15, 0.2) is 0 Å². The topological polar surface area (TPSA) is 55.9 Å². The molecule has 4 nitrogen and oxygen atoms in total. The van der Waals surface area contributed by atoms with Crippen molar-refractivity contribution in [2.75, 3.05) is 11.1 Å². The Morgan fingerprint density at radius 2 is 2.10 bits per heavy atom. The van der Waals surface area contributed by atoms with E-state index in [2.05, 4.69) is 38.1 Å². The van der Waals surface area contributed by atoms with Crippen LogP contribution in [-0.4, -0.2) is 15.8 Å². The fourth-order valence-corrected chi connectivity index (χ4v) is 4.99. The van der Waals surface area contributed by atoms with E-state index in [9.17, 15) is 0 Å². The normalized spacial score (nSPS) is 33.6. The quantitative estimate of drug-likeness (QED) is 0.891. The van der Waals surface area contributed by atoms with Gasteiger partial charge in [0.2, 0.25) is 0 Å². The predicted octanol–water partition coefficient (Wildman–Crippen LogP) is 3.58. The number of nitrogens with two attached hydrogens (primary N) is 1. The summed E-state index contributed by atoms with van der Waals surface area (Å²) in [7, 11) is 2.00. The molecule has 4 heteroatoms. The van der Waals surface area contributed by atoms with Gasteiger partial charge in [-0.25, -0.2) is 0 Å². The van der Waals surface area contributed by atoms with Gasteiger partial charge >= 0.3 is 0 Å². The number of fused-ring (bicyclic) bond motifs is 2. The molecule has 21 heavy (non-hydrogen) atoms. The molecule has 0 radical (unpaired) electrons. The van der Waals surface area contributed by atoms with Gasteiger partial charge in [0.15, 0.2) is 0 Å². The number of rotatable bonds is 4. The first-order valence-electron chi connectivity index (χ1n) is 8.37. The average Bonchev–Trinajstić information content (AvgIpc) is 2.96. The number of nitrogens with zero attached hydrogens (tertiary/aromatic N) is 2. The molecule has 118 valence electrons. The number of nitrogens with one attached hydrogen (secondary N) is 1. The van der Waals surface area contributed by atoms with Crippen molar-refractivity contribution in [3.63, 3.8) is 0 Å². The minimum absolute atomic E-state index is 0.328. The Labute approximate surface area is 128 Å². The summed E-state index contributed by atoms with van der Waals surface area (Å²) in [5, 5.41) is 8.40. The summed E-state index contributed by atoms with van der Waals surface area (Å²) in [6.45, 7) is 9.44. The predicted molar refractivity (Wildman–Crippen MR) is 88.3 cm³/mol. The lowest BCUT2D eigenvalue weighted by Crippen LogP contribution is -2.46. The fourth-order valence-electron chi connectivity index (χ4n) is 4.99. The standard InChI is InChI=1S/C17H30N4/c1-6-7-12-13(18)14(21(5)20-12)19-15-16(2,3)11-8-9-17(15,4)10-11/h11,15,19H,6-10,18H2,1-5H3. The van der Waals surface area contributed by atoms with E-state index in [0.29, 0.717) is 16.9 Å². The van der Waals surface area contributed by atoms with Crippen molar-refractivity contribution in [2.45, 2.75) is 65.8 Å². The van der Waals surface area contributed by atoms with Crippen LogP contribution in [0, 0.1) is 16.7 Å². The van der Waals surface area contributed by atoms with Gasteiger partial charge in [-0.1, -0.05) is 34.1 Å². The van der Waals surface area contributed by atoms with E-state index in [4.69, 9.17) is 5.73 Å². The number of nitrogen functional groups attached to an aromatic ring is 1. The maximum absolute atomic E-state index is 6.35. The van der Waals surface area contributed by atoms with Crippen molar-refractivity contribution in [1.29, 1.82) is 0 Å². The first kappa shape index (κ1) is 14.7. The van der Waals surface area contributed by atoms with Gasteiger partial charge in [0, 0.05) is 13.1 Å². The van der Waals surface area contributed by atoms with Gasteiger partial charge in [0.05, 0.1) is 11.4 Å². The highest BCUT2D eigenvalue weighted by molar-refractivity contribution is 5.66. The highest BCUT2D eigenvalue weighted by Crippen LogP contribution is 2.63. The Bertz CT molecular complexity index is 540. The van der Waals surface area contributed by atoms with E-state index in [1.54, 1.807) is 0 Å². The summed E-state index contributed by atoms with van der Waals surface area (Å²) < 4.78 is 1.94. The molecule has 2 bridgehead atoms. The van der Waals surface area contributed by atoms with Crippen LogP contribution >= 0.6 is 0 Å². The molecule has 2 aliphatic rings. The summed E-state index contributed by atoms with van der Waals surface area (Å²) in [5.74, 6) is 1.86. The van der Waals surface area contributed by atoms with Gasteiger partial charge in [-0.15, -0.1) is 0 Å². The van der Waals surface area contributed by atoms with Crippen molar-refractivity contribution >= 4 is 11.5 Å². The van der Waals surface area contributed by atoms with Crippen LogP contribution in [0.4, 0.5) is 11.5 Å².